The lowest BCUT2D eigenvalue weighted by atomic mass is 9.99. The zero-order chi connectivity index (χ0) is 12.3. The molecule has 1 aromatic carbocycles. The molecule has 0 aromatic heterocycles. The number of rotatable bonds is 3. The van der Waals surface area contributed by atoms with Crippen molar-refractivity contribution in [2.45, 2.75) is 13.5 Å². The van der Waals surface area contributed by atoms with Crippen LogP contribution >= 0.6 is 0 Å². The minimum atomic E-state index is -0.347. The maximum Gasteiger partial charge on any atom is 0.246 e. The lowest BCUT2D eigenvalue weighted by molar-refractivity contribution is -0.115. The molecule has 1 aliphatic heterocycles. The molecule has 0 fully saturated rings. The lowest BCUT2D eigenvalue weighted by Gasteiger charge is -2.23. The third-order valence-electron chi connectivity index (χ3n) is 2.85. The van der Waals surface area contributed by atoms with Crippen LogP contribution in [0.3, 0.4) is 0 Å². The van der Waals surface area contributed by atoms with Crippen molar-refractivity contribution >= 4 is 5.91 Å². The van der Waals surface area contributed by atoms with E-state index in [4.69, 9.17) is 5.73 Å². The third-order valence-corrected chi connectivity index (χ3v) is 2.85. The fraction of sp³-hybridized carbons (Fsp3) is 0.214. The van der Waals surface area contributed by atoms with Crippen LogP contribution in [0.1, 0.15) is 12.5 Å². The number of hydrogen-bond acceptors (Lipinski definition) is 2. The monoisotopic (exact) mass is 228 g/mol. The summed E-state index contributed by atoms with van der Waals surface area (Å²) in [5, 5.41) is 0. The smallest absolute Gasteiger partial charge is 0.246 e. The molecule has 88 valence electrons. The molecule has 0 bridgehead atoms. The van der Waals surface area contributed by atoms with Gasteiger partial charge in [0.05, 0.1) is 0 Å². The summed E-state index contributed by atoms with van der Waals surface area (Å²) in [5.74, 6) is -0.251. The van der Waals surface area contributed by atoms with Gasteiger partial charge in [0.15, 0.2) is 0 Å². The van der Waals surface area contributed by atoms with E-state index in [0.717, 1.165) is 6.54 Å². The summed E-state index contributed by atoms with van der Waals surface area (Å²) in [4.78, 5) is 13.2. The summed E-state index contributed by atoms with van der Waals surface area (Å²) in [6.45, 7) is 2.72. The topological polar surface area (TPSA) is 46.3 Å². The van der Waals surface area contributed by atoms with Crippen LogP contribution in [0.2, 0.25) is 0 Å². The van der Waals surface area contributed by atoms with Gasteiger partial charge in [0.2, 0.25) is 5.91 Å². The molecule has 0 saturated carbocycles. The molecule has 1 atom stereocenters. The summed E-state index contributed by atoms with van der Waals surface area (Å²) >= 11 is 0. The van der Waals surface area contributed by atoms with Crippen molar-refractivity contribution < 1.29 is 4.79 Å². The Labute approximate surface area is 101 Å². The van der Waals surface area contributed by atoms with Gasteiger partial charge in [-0.15, -0.1) is 0 Å². The molecule has 3 nitrogen and oxygen atoms in total. The molecule has 2 N–H and O–H groups in total. The van der Waals surface area contributed by atoms with E-state index in [-0.39, 0.29) is 11.8 Å². The molecule has 0 aliphatic carbocycles. The minimum Gasteiger partial charge on any atom is -0.366 e. The van der Waals surface area contributed by atoms with E-state index in [1.807, 2.05) is 48.5 Å². The first-order valence-electron chi connectivity index (χ1n) is 5.66. The highest BCUT2D eigenvalue weighted by atomic mass is 16.1. The van der Waals surface area contributed by atoms with Gasteiger partial charge in [-0.2, -0.15) is 0 Å². The van der Waals surface area contributed by atoms with E-state index in [2.05, 4.69) is 12.1 Å². The first kappa shape index (κ1) is 11.5. The number of carbonyl (C=O) groups is 1. The maximum absolute atomic E-state index is 11.3. The largest absolute Gasteiger partial charge is 0.366 e. The van der Waals surface area contributed by atoms with Crippen molar-refractivity contribution in [3.63, 3.8) is 0 Å². The zero-order valence-corrected chi connectivity index (χ0v) is 9.84. The zero-order valence-electron chi connectivity index (χ0n) is 9.84. The van der Waals surface area contributed by atoms with Gasteiger partial charge < -0.3 is 10.6 Å². The van der Waals surface area contributed by atoms with Gasteiger partial charge in [0, 0.05) is 30.4 Å². The van der Waals surface area contributed by atoms with Crippen LogP contribution in [0.25, 0.3) is 0 Å². The summed E-state index contributed by atoms with van der Waals surface area (Å²) < 4.78 is 0. The first-order valence-corrected chi connectivity index (χ1v) is 5.66. The molecule has 3 heteroatoms. The number of hydrogen-bond donors (Lipinski definition) is 1. The summed E-state index contributed by atoms with van der Waals surface area (Å²) in [6, 6.07) is 10.1. The van der Waals surface area contributed by atoms with E-state index in [9.17, 15) is 4.79 Å². The molecular formula is C14H16N2O. The van der Waals surface area contributed by atoms with Gasteiger partial charge >= 0.3 is 0 Å². The van der Waals surface area contributed by atoms with Crippen LogP contribution in [-0.4, -0.2) is 10.8 Å². The molecule has 1 aromatic rings. The van der Waals surface area contributed by atoms with Crippen molar-refractivity contribution in [1.29, 1.82) is 0 Å². The average Bonchev–Trinajstić information content (AvgIpc) is 2.32. The number of benzene rings is 1. The lowest BCUT2D eigenvalue weighted by Crippen LogP contribution is -2.24. The molecule has 0 unspecified atom stereocenters. The van der Waals surface area contributed by atoms with Gasteiger partial charge in [-0.05, 0) is 5.56 Å². The van der Waals surface area contributed by atoms with E-state index >= 15 is 0 Å². The van der Waals surface area contributed by atoms with Gasteiger partial charge in [-0.3, -0.25) is 4.79 Å². The minimum absolute atomic E-state index is 0.0968. The molecule has 1 heterocycles. The standard InChI is InChI=1S/C14H16N2O/c1-11-7-8-16(10-13(11)14(15)17)9-12-5-3-2-4-6-12/h2-8,10-11H,9H2,1H3,(H2,15,17)/t11-/m1/s1. The highest BCUT2D eigenvalue weighted by Gasteiger charge is 2.16. The second kappa shape index (κ2) is 4.87. The second-order valence-corrected chi connectivity index (χ2v) is 4.24. The van der Waals surface area contributed by atoms with Gasteiger partial charge in [-0.25, -0.2) is 0 Å². The second-order valence-electron chi connectivity index (χ2n) is 4.24. The van der Waals surface area contributed by atoms with E-state index in [1.54, 1.807) is 0 Å². The molecule has 0 radical (unpaired) electrons. The van der Waals surface area contributed by atoms with Crippen LogP contribution in [0, 0.1) is 5.92 Å². The molecular weight excluding hydrogens is 212 g/mol. The number of primary amides is 1. The van der Waals surface area contributed by atoms with Crippen LogP contribution in [0.15, 0.2) is 54.4 Å². The van der Waals surface area contributed by atoms with Gasteiger partial charge in [0.25, 0.3) is 0 Å². The fourth-order valence-electron chi connectivity index (χ4n) is 1.86. The van der Waals surface area contributed by atoms with E-state index < -0.39 is 0 Å². The molecule has 1 amide bonds. The molecule has 17 heavy (non-hydrogen) atoms. The van der Waals surface area contributed by atoms with Gasteiger partial charge in [0.1, 0.15) is 0 Å². The van der Waals surface area contributed by atoms with Crippen molar-refractivity contribution in [2.24, 2.45) is 11.7 Å². The predicted octanol–water partition coefficient (Wildman–Crippen LogP) is 2.02. The quantitative estimate of drug-likeness (QED) is 0.860. The summed E-state index contributed by atoms with van der Waals surface area (Å²) in [5.41, 5.74) is 7.20. The van der Waals surface area contributed by atoms with Crippen molar-refractivity contribution in [1.82, 2.24) is 4.90 Å². The van der Waals surface area contributed by atoms with E-state index in [1.165, 1.54) is 5.56 Å². The Kier molecular flexibility index (Phi) is 3.28. The number of allylic oxidation sites excluding steroid dienone is 1. The first-order chi connectivity index (χ1) is 8.16. The third kappa shape index (κ3) is 2.75. The average molecular weight is 228 g/mol. The Bertz CT molecular complexity index is 462. The van der Waals surface area contributed by atoms with Crippen LogP contribution in [0.5, 0.6) is 0 Å². The Morgan fingerprint density at radius 3 is 2.71 bits per heavy atom. The van der Waals surface area contributed by atoms with Gasteiger partial charge in [-0.1, -0.05) is 43.3 Å². The van der Waals surface area contributed by atoms with Crippen molar-refractivity contribution in [3.05, 3.63) is 59.9 Å². The van der Waals surface area contributed by atoms with Crippen LogP contribution in [0.4, 0.5) is 0 Å². The number of amides is 1. The molecule has 2 rings (SSSR count). The summed E-state index contributed by atoms with van der Waals surface area (Å²) in [7, 11) is 0. The number of nitrogens with zero attached hydrogens (tertiary/aromatic N) is 1. The Morgan fingerprint density at radius 2 is 2.06 bits per heavy atom. The maximum atomic E-state index is 11.3. The Hall–Kier alpha value is -2.03. The summed E-state index contributed by atoms with van der Waals surface area (Å²) in [6.07, 6.45) is 5.81. The highest BCUT2D eigenvalue weighted by Crippen LogP contribution is 2.19. The van der Waals surface area contributed by atoms with Crippen LogP contribution in [-0.2, 0) is 11.3 Å². The molecule has 1 aliphatic rings. The normalized spacial score (nSPS) is 19.0. The fourth-order valence-corrected chi connectivity index (χ4v) is 1.86. The predicted molar refractivity (Wildman–Crippen MR) is 67.6 cm³/mol. The van der Waals surface area contributed by atoms with E-state index in [0.29, 0.717) is 5.57 Å². The Morgan fingerprint density at radius 1 is 1.35 bits per heavy atom. The molecule has 0 spiro atoms. The van der Waals surface area contributed by atoms with Crippen LogP contribution < -0.4 is 5.73 Å². The number of carbonyl (C=O) groups excluding carboxylic acids is 1. The highest BCUT2D eigenvalue weighted by molar-refractivity contribution is 5.92. The molecule has 0 saturated heterocycles. The van der Waals surface area contributed by atoms with Crippen molar-refractivity contribution in [2.75, 3.05) is 0 Å². The SMILES string of the molecule is C[C@@H]1C=CN(Cc2ccccc2)C=C1C(N)=O. The van der Waals surface area contributed by atoms with Crippen molar-refractivity contribution in [3.8, 4) is 0 Å². The number of nitrogens with two attached hydrogens (primary N) is 1. The Balaban J connectivity index is 2.13.